The SMILES string of the molecule is Nc1ccc(C(O)CNC(=O)c2cccc(=O)[nH]2)cc1. The van der Waals surface area contributed by atoms with Crippen LogP contribution in [0.1, 0.15) is 22.2 Å². The third-order valence-electron chi connectivity index (χ3n) is 2.79. The summed E-state index contributed by atoms with van der Waals surface area (Å²) in [7, 11) is 0. The molecule has 0 aliphatic carbocycles. The number of benzene rings is 1. The number of aliphatic hydroxyl groups excluding tert-OH is 1. The molecule has 0 fully saturated rings. The molecule has 6 heteroatoms. The highest BCUT2D eigenvalue weighted by Gasteiger charge is 2.11. The molecule has 0 aliphatic rings. The van der Waals surface area contributed by atoms with Gasteiger partial charge in [-0.1, -0.05) is 18.2 Å². The van der Waals surface area contributed by atoms with Gasteiger partial charge in [-0.05, 0) is 23.8 Å². The predicted octanol–water partition coefficient (Wildman–Crippen LogP) is 0.420. The molecule has 6 nitrogen and oxygen atoms in total. The van der Waals surface area contributed by atoms with E-state index in [-0.39, 0.29) is 17.8 Å². The third kappa shape index (κ3) is 3.46. The lowest BCUT2D eigenvalue weighted by Gasteiger charge is -2.12. The van der Waals surface area contributed by atoms with Crippen molar-refractivity contribution < 1.29 is 9.90 Å². The number of aliphatic hydroxyl groups is 1. The van der Waals surface area contributed by atoms with Gasteiger partial charge in [0.2, 0.25) is 5.56 Å². The molecule has 1 aromatic heterocycles. The van der Waals surface area contributed by atoms with Crippen molar-refractivity contribution >= 4 is 11.6 Å². The fourth-order valence-corrected chi connectivity index (χ4v) is 1.70. The van der Waals surface area contributed by atoms with Gasteiger partial charge >= 0.3 is 0 Å². The first-order chi connectivity index (χ1) is 9.56. The Morgan fingerprint density at radius 1 is 1.25 bits per heavy atom. The number of pyridine rings is 1. The van der Waals surface area contributed by atoms with Gasteiger partial charge in [-0.2, -0.15) is 0 Å². The number of rotatable bonds is 4. The fourth-order valence-electron chi connectivity index (χ4n) is 1.70. The van der Waals surface area contributed by atoms with E-state index >= 15 is 0 Å². The number of carbonyl (C=O) groups is 1. The van der Waals surface area contributed by atoms with Gasteiger partial charge in [0.1, 0.15) is 5.69 Å². The van der Waals surface area contributed by atoms with Crippen LogP contribution >= 0.6 is 0 Å². The summed E-state index contributed by atoms with van der Waals surface area (Å²) in [4.78, 5) is 25.3. The van der Waals surface area contributed by atoms with Crippen molar-refractivity contribution in [2.75, 3.05) is 12.3 Å². The Balaban J connectivity index is 1.96. The second-order valence-electron chi connectivity index (χ2n) is 4.32. The number of hydrogen-bond acceptors (Lipinski definition) is 4. The summed E-state index contributed by atoms with van der Waals surface area (Å²) >= 11 is 0. The Bertz CT molecular complexity index is 649. The van der Waals surface area contributed by atoms with Gasteiger partial charge < -0.3 is 21.1 Å². The lowest BCUT2D eigenvalue weighted by atomic mass is 10.1. The molecule has 104 valence electrons. The number of nitrogens with two attached hydrogens (primary N) is 1. The van der Waals surface area contributed by atoms with E-state index in [9.17, 15) is 14.7 Å². The molecule has 1 aromatic carbocycles. The largest absolute Gasteiger partial charge is 0.399 e. The minimum Gasteiger partial charge on any atom is -0.399 e. The molecule has 1 amide bonds. The lowest BCUT2D eigenvalue weighted by Crippen LogP contribution is -2.30. The molecule has 0 radical (unpaired) electrons. The first-order valence-corrected chi connectivity index (χ1v) is 6.07. The zero-order chi connectivity index (χ0) is 14.5. The monoisotopic (exact) mass is 273 g/mol. The Hall–Kier alpha value is -2.60. The molecule has 2 rings (SSSR count). The van der Waals surface area contributed by atoms with Crippen molar-refractivity contribution in [3.05, 3.63) is 64.1 Å². The Morgan fingerprint density at radius 3 is 2.60 bits per heavy atom. The van der Waals surface area contributed by atoms with Gasteiger partial charge in [-0.25, -0.2) is 0 Å². The van der Waals surface area contributed by atoms with Gasteiger partial charge in [0.15, 0.2) is 0 Å². The molecule has 1 atom stereocenters. The number of anilines is 1. The Morgan fingerprint density at radius 2 is 1.95 bits per heavy atom. The molecule has 0 saturated heterocycles. The zero-order valence-electron chi connectivity index (χ0n) is 10.7. The molecular formula is C14H15N3O3. The number of hydrogen-bond donors (Lipinski definition) is 4. The van der Waals surface area contributed by atoms with Crippen LogP contribution in [-0.4, -0.2) is 22.5 Å². The molecule has 0 bridgehead atoms. The number of H-pyrrole nitrogens is 1. The number of aromatic nitrogens is 1. The maximum Gasteiger partial charge on any atom is 0.267 e. The van der Waals surface area contributed by atoms with E-state index in [1.807, 2.05) is 0 Å². The van der Waals surface area contributed by atoms with Crippen LogP contribution in [-0.2, 0) is 0 Å². The number of carbonyl (C=O) groups excluding carboxylic acids is 1. The standard InChI is InChI=1S/C14H15N3O3/c15-10-6-4-9(5-7-10)12(18)8-16-14(20)11-2-1-3-13(19)17-11/h1-7,12,18H,8,15H2,(H,16,20)(H,17,19). The lowest BCUT2D eigenvalue weighted by molar-refractivity contribution is 0.0911. The van der Waals surface area contributed by atoms with Crippen LogP contribution in [0.5, 0.6) is 0 Å². The maximum atomic E-state index is 11.8. The number of nitrogen functional groups attached to an aromatic ring is 1. The summed E-state index contributed by atoms with van der Waals surface area (Å²) in [5, 5.41) is 12.5. The molecule has 0 saturated carbocycles. The van der Waals surface area contributed by atoms with Gasteiger partial charge in [0.25, 0.3) is 5.91 Å². The van der Waals surface area contributed by atoms with Crippen LogP contribution < -0.4 is 16.6 Å². The van der Waals surface area contributed by atoms with E-state index in [0.717, 1.165) is 0 Å². The molecule has 0 aliphatic heterocycles. The summed E-state index contributed by atoms with van der Waals surface area (Å²) in [6, 6.07) is 11.0. The molecule has 20 heavy (non-hydrogen) atoms. The van der Waals surface area contributed by atoms with Crippen LogP contribution in [0.4, 0.5) is 5.69 Å². The van der Waals surface area contributed by atoms with Crippen molar-refractivity contribution in [1.82, 2.24) is 10.3 Å². The van der Waals surface area contributed by atoms with Gasteiger partial charge in [0.05, 0.1) is 6.10 Å². The van der Waals surface area contributed by atoms with Gasteiger partial charge in [0, 0.05) is 18.3 Å². The number of nitrogens with one attached hydrogen (secondary N) is 2. The normalized spacial score (nSPS) is 11.8. The summed E-state index contributed by atoms with van der Waals surface area (Å²) in [6.45, 7) is 0.0413. The molecule has 2 aromatic rings. The fraction of sp³-hybridized carbons (Fsp3) is 0.143. The first-order valence-electron chi connectivity index (χ1n) is 6.07. The molecule has 1 heterocycles. The van der Waals surface area contributed by atoms with Crippen molar-refractivity contribution in [3.63, 3.8) is 0 Å². The van der Waals surface area contributed by atoms with E-state index in [1.165, 1.54) is 18.2 Å². The van der Waals surface area contributed by atoms with Crippen molar-refractivity contribution in [1.29, 1.82) is 0 Å². The maximum absolute atomic E-state index is 11.8. The Kier molecular flexibility index (Phi) is 4.17. The first kappa shape index (κ1) is 13.8. The topological polar surface area (TPSA) is 108 Å². The average molecular weight is 273 g/mol. The second kappa shape index (κ2) is 6.03. The van der Waals surface area contributed by atoms with Gasteiger partial charge in [-0.3, -0.25) is 9.59 Å². The van der Waals surface area contributed by atoms with E-state index in [2.05, 4.69) is 10.3 Å². The van der Waals surface area contributed by atoms with Crippen molar-refractivity contribution in [3.8, 4) is 0 Å². The second-order valence-corrected chi connectivity index (χ2v) is 4.32. The average Bonchev–Trinajstić information content (AvgIpc) is 2.45. The van der Waals surface area contributed by atoms with Gasteiger partial charge in [-0.15, -0.1) is 0 Å². The van der Waals surface area contributed by atoms with Crippen LogP contribution in [0.3, 0.4) is 0 Å². The minimum atomic E-state index is -0.838. The van der Waals surface area contributed by atoms with Crippen molar-refractivity contribution in [2.24, 2.45) is 0 Å². The highest BCUT2D eigenvalue weighted by molar-refractivity contribution is 5.92. The molecule has 5 N–H and O–H groups in total. The Labute approximate surface area is 115 Å². The molecule has 1 unspecified atom stereocenters. The van der Waals surface area contributed by atoms with Crippen LogP contribution in [0.2, 0.25) is 0 Å². The minimum absolute atomic E-state index is 0.0413. The summed E-state index contributed by atoms with van der Waals surface area (Å²) < 4.78 is 0. The van der Waals surface area contributed by atoms with Crippen LogP contribution in [0, 0.1) is 0 Å². The number of aromatic amines is 1. The summed E-state index contributed by atoms with van der Waals surface area (Å²) in [5.41, 5.74) is 6.62. The quantitative estimate of drug-likeness (QED) is 0.605. The van der Waals surface area contributed by atoms with E-state index in [1.54, 1.807) is 24.3 Å². The smallest absolute Gasteiger partial charge is 0.267 e. The molecular weight excluding hydrogens is 258 g/mol. The molecule has 0 spiro atoms. The van der Waals surface area contributed by atoms with E-state index in [0.29, 0.717) is 11.3 Å². The predicted molar refractivity (Wildman–Crippen MR) is 75.2 cm³/mol. The summed E-state index contributed by atoms with van der Waals surface area (Å²) in [5.74, 6) is -0.447. The number of amides is 1. The highest BCUT2D eigenvalue weighted by atomic mass is 16.3. The third-order valence-corrected chi connectivity index (χ3v) is 2.79. The van der Waals surface area contributed by atoms with E-state index in [4.69, 9.17) is 5.73 Å². The zero-order valence-corrected chi connectivity index (χ0v) is 10.7. The van der Waals surface area contributed by atoms with Crippen molar-refractivity contribution in [2.45, 2.75) is 6.10 Å². The summed E-state index contributed by atoms with van der Waals surface area (Å²) in [6.07, 6.45) is -0.838. The van der Waals surface area contributed by atoms with E-state index < -0.39 is 12.0 Å². The van der Waals surface area contributed by atoms with Crippen LogP contribution in [0.25, 0.3) is 0 Å². The van der Waals surface area contributed by atoms with Crippen LogP contribution in [0.15, 0.2) is 47.3 Å². The highest BCUT2D eigenvalue weighted by Crippen LogP contribution is 2.13.